The summed E-state index contributed by atoms with van der Waals surface area (Å²) in [5.74, 6) is -0.0950. The molecule has 1 rings (SSSR count). The lowest BCUT2D eigenvalue weighted by atomic mass is 9.96. The SMILES string of the molecule is CN1CC(=O)N(CC(C)(C)C)C1=O. The third-order valence-corrected chi connectivity index (χ3v) is 1.86. The predicted molar refractivity (Wildman–Crippen MR) is 49.2 cm³/mol. The van der Waals surface area contributed by atoms with Crippen molar-refractivity contribution in [3.63, 3.8) is 0 Å². The van der Waals surface area contributed by atoms with Crippen molar-refractivity contribution in [2.45, 2.75) is 20.8 Å². The first kappa shape index (κ1) is 10.0. The van der Waals surface area contributed by atoms with E-state index in [2.05, 4.69) is 0 Å². The Morgan fingerprint density at radius 1 is 1.31 bits per heavy atom. The smallest absolute Gasteiger partial charge is 0.318 e. The highest BCUT2D eigenvalue weighted by atomic mass is 16.2. The molecule has 4 nitrogen and oxygen atoms in total. The third kappa shape index (κ3) is 2.20. The van der Waals surface area contributed by atoms with Gasteiger partial charge in [-0.15, -0.1) is 0 Å². The molecule has 1 aliphatic heterocycles. The Bertz CT molecular complexity index is 242. The van der Waals surface area contributed by atoms with Crippen LogP contribution in [0.15, 0.2) is 0 Å². The first-order valence-corrected chi connectivity index (χ1v) is 4.37. The molecule has 3 amide bonds. The Balaban J connectivity index is 2.70. The molecule has 0 bridgehead atoms. The fourth-order valence-corrected chi connectivity index (χ4v) is 1.30. The molecule has 1 saturated heterocycles. The molecule has 0 spiro atoms. The van der Waals surface area contributed by atoms with Crippen molar-refractivity contribution in [1.29, 1.82) is 0 Å². The van der Waals surface area contributed by atoms with E-state index in [4.69, 9.17) is 0 Å². The van der Waals surface area contributed by atoms with Gasteiger partial charge in [-0.25, -0.2) is 4.79 Å². The molecule has 1 heterocycles. The number of hydrogen-bond donors (Lipinski definition) is 0. The average Bonchev–Trinajstić information content (AvgIpc) is 2.14. The van der Waals surface area contributed by atoms with Gasteiger partial charge in [-0.05, 0) is 5.41 Å². The zero-order valence-corrected chi connectivity index (χ0v) is 8.63. The topological polar surface area (TPSA) is 40.6 Å². The van der Waals surface area contributed by atoms with E-state index in [1.54, 1.807) is 7.05 Å². The highest BCUT2D eigenvalue weighted by molar-refractivity contribution is 6.01. The normalized spacial score (nSPS) is 18.8. The van der Waals surface area contributed by atoms with Gasteiger partial charge in [0.25, 0.3) is 0 Å². The van der Waals surface area contributed by atoms with Crippen LogP contribution >= 0.6 is 0 Å². The number of urea groups is 1. The Kier molecular flexibility index (Phi) is 2.32. The Hall–Kier alpha value is -1.06. The number of likely N-dealkylation sites (N-methyl/N-ethyl adjacent to an activating group) is 1. The van der Waals surface area contributed by atoms with E-state index in [-0.39, 0.29) is 23.9 Å². The molecule has 1 aliphatic rings. The standard InChI is InChI=1S/C9H16N2O2/c1-9(2,3)6-11-7(12)5-10(4)8(11)13/h5-6H2,1-4H3. The van der Waals surface area contributed by atoms with Gasteiger partial charge >= 0.3 is 6.03 Å². The monoisotopic (exact) mass is 184 g/mol. The Morgan fingerprint density at radius 2 is 1.85 bits per heavy atom. The van der Waals surface area contributed by atoms with Crippen molar-refractivity contribution >= 4 is 11.9 Å². The lowest BCUT2D eigenvalue weighted by Gasteiger charge is -2.24. The van der Waals surface area contributed by atoms with Gasteiger partial charge in [0.15, 0.2) is 0 Å². The van der Waals surface area contributed by atoms with Gasteiger partial charge in [-0.1, -0.05) is 20.8 Å². The Labute approximate surface area is 78.5 Å². The molecule has 0 unspecified atom stereocenters. The quantitative estimate of drug-likeness (QED) is 0.569. The lowest BCUT2D eigenvalue weighted by Crippen LogP contribution is -2.38. The van der Waals surface area contributed by atoms with Gasteiger partial charge in [-0.2, -0.15) is 0 Å². The molecule has 0 N–H and O–H groups in total. The van der Waals surface area contributed by atoms with Crippen LogP contribution in [0.3, 0.4) is 0 Å². The van der Waals surface area contributed by atoms with Gasteiger partial charge in [0, 0.05) is 13.6 Å². The van der Waals surface area contributed by atoms with Gasteiger partial charge in [0.05, 0.1) is 0 Å². The van der Waals surface area contributed by atoms with E-state index in [1.165, 1.54) is 9.80 Å². The average molecular weight is 184 g/mol. The van der Waals surface area contributed by atoms with Crippen molar-refractivity contribution in [2.75, 3.05) is 20.1 Å². The van der Waals surface area contributed by atoms with E-state index in [0.29, 0.717) is 6.54 Å². The largest absolute Gasteiger partial charge is 0.326 e. The number of amides is 3. The van der Waals surface area contributed by atoms with Gasteiger partial charge in [-0.3, -0.25) is 9.69 Å². The maximum Gasteiger partial charge on any atom is 0.326 e. The van der Waals surface area contributed by atoms with Crippen molar-refractivity contribution in [3.8, 4) is 0 Å². The van der Waals surface area contributed by atoms with E-state index in [1.807, 2.05) is 20.8 Å². The third-order valence-electron chi connectivity index (χ3n) is 1.86. The van der Waals surface area contributed by atoms with E-state index >= 15 is 0 Å². The molecule has 0 aromatic carbocycles. The first-order chi connectivity index (χ1) is 5.81. The zero-order valence-electron chi connectivity index (χ0n) is 8.63. The predicted octanol–water partition coefficient (Wildman–Crippen LogP) is 0.926. The second-order valence-corrected chi connectivity index (χ2v) is 4.68. The zero-order chi connectivity index (χ0) is 10.2. The molecule has 0 aromatic heterocycles. The van der Waals surface area contributed by atoms with Crippen molar-refractivity contribution < 1.29 is 9.59 Å². The first-order valence-electron chi connectivity index (χ1n) is 4.37. The summed E-state index contributed by atoms with van der Waals surface area (Å²) in [4.78, 5) is 25.5. The van der Waals surface area contributed by atoms with Crippen LogP contribution in [0, 0.1) is 5.41 Å². The van der Waals surface area contributed by atoms with Gasteiger partial charge < -0.3 is 4.90 Å². The summed E-state index contributed by atoms with van der Waals surface area (Å²) in [7, 11) is 1.64. The van der Waals surface area contributed by atoms with Crippen LogP contribution in [0.2, 0.25) is 0 Å². The number of rotatable bonds is 1. The van der Waals surface area contributed by atoms with Crippen LogP contribution in [0.25, 0.3) is 0 Å². The van der Waals surface area contributed by atoms with Gasteiger partial charge in [0.2, 0.25) is 5.91 Å². The summed E-state index contributed by atoms with van der Waals surface area (Å²) in [6, 6.07) is -0.181. The fraction of sp³-hybridized carbons (Fsp3) is 0.778. The molecule has 1 fully saturated rings. The van der Waals surface area contributed by atoms with Crippen LogP contribution < -0.4 is 0 Å². The molecule has 74 valence electrons. The molecule has 4 heteroatoms. The van der Waals surface area contributed by atoms with Crippen LogP contribution in [-0.4, -0.2) is 41.9 Å². The number of carbonyl (C=O) groups is 2. The molecule has 0 aliphatic carbocycles. The summed E-state index contributed by atoms with van der Waals surface area (Å²) in [5, 5.41) is 0. The van der Waals surface area contributed by atoms with E-state index in [0.717, 1.165) is 0 Å². The fourth-order valence-electron chi connectivity index (χ4n) is 1.30. The minimum Gasteiger partial charge on any atom is -0.318 e. The molecular weight excluding hydrogens is 168 g/mol. The van der Waals surface area contributed by atoms with Crippen molar-refractivity contribution in [2.24, 2.45) is 5.41 Å². The lowest BCUT2D eigenvalue weighted by molar-refractivity contribution is -0.126. The highest BCUT2D eigenvalue weighted by Crippen LogP contribution is 2.18. The Morgan fingerprint density at radius 3 is 2.15 bits per heavy atom. The van der Waals surface area contributed by atoms with Crippen LogP contribution in [0.4, 0.5) is 4.79 Å². The molecule has 0 radical (unpaired) electrons. The number of imide groups is 1. The molecule has 13 heavy (non-hydrogen) atoms. The van der Waals surface area contributed by atoms with Crippen LogP contribution in [0.1, 0.15) is 20.8 Å². The number of hydrogen-bond acceptors (Lipinski definition) is 2. The maximum atomic E-state index is 11.4. The van der Waals surface area contributed by atoms with E-state index < -0.39 is 0 Å². The van der Waals surface area contributed by atoms with Gasteiger partial charge in [0.1, 0.15) is 6.54 Å². The van der Waals surface area contributed by atoms with Crippen LogP contribution in [-0.2, 0) is 4.79 Å². The summed E-state index contributed by atoms with van der Waals surface area (Å²) in [5.41, 5.74) is -0.0312. The summed E-state index contributed by atoms with van der Waals surface area (Å²) in [6.07, 6.45) is 0. The molecular formula is C9H16N2O2. The molecule has 0 atom stereocenters. The summed E-state index contributed by atoms with van der Waals surface area (Å²) >= 11 is 0. The highest BCUT2D eigenvalue weighted by Gasteiger charge is 2.35. The molecule has 0 saturated carbocycles. The van der Waals surface area contributed by atoms with Crippen LogP contribution in [0.5, 0.6) is 0 Å². The second kappa shape index (κ2) is 3.01. The van der Waals surface area contributed by atoms with Crippen molar-refractivity contribution in [1.82, 2.24) is 9.80 Å². The number of nitrogens with zero attached hydrogens (tertiary/aromatic N) is 2. The van der Waals surface area contributed by atoms with Crippen molar-refractivity contribution in [3.05, 3.63) is 0 Å². The van der Waals surface area contributed by atoms with E-state index in [9.17, 15) is 9.59 Å². The minimum absolute atomic E-state index is 0.0312. The maximum absolute atomic E-state index is 11.4. The molecule has 0 aromatic rings. The minimum atomic E-state index is -0.181. The summed E-state index contributed by atoms with van der Waals surface area (Å²) < 4.78 is 0. The number of carbonyl (C=O) groups excluding carboxylic acids is 2. The second-order valence-electron chi connectivity index (χ2n) is 4.68. The summed E-state index contributed by atoms with van der Waals surface area (Å²) in [6.45, 7) is 6.73.